The van der Waals surface area contributed by atoms with Crippen LogP contribution in [0.25, 0.3) is 185 Å². The molecule has 0 aliphatic rings. The van der Waals surface area contributed by atoms with Gasteiger partial charge in [0.15, 0.2) is 0 Å². The van der Waals surface area contributed by atoms with Crippen molar-refractivity contribution in [3.8, 4) is 34.1 Å². The Balaban J connectivity index is 1.12. The highest BCUT2D eigenvalue weighted by atomic mass is 31.1. The molecule has 0 aliphatic heterocycles. The minimum atomic E-state index is -1.31. The van der Waals surface area contributed by atoms with Crippen molar-refractivity contribution in [3.05, 3.63) is 315 Å². The Hall–Kier alpha value is -11.8. The van der Waals surface area contributed by atoms with Gasteiger partial charge in [-0.3, -0.25) is 0 Å². The van der Waals surface area contributed by atoms with Crippen molar-refractivity contribution in [1.29, 1.82) is 0 Å². The van der Waals surface area contributed by atoms with E-state index in [0.29, 0.717) is 0 Å². The summed E-state index contributed by atoms with van der Waals surface area (Å²) in [6, 6.07) is 120. The lowest BCUT2D eigenvalue weighted by molar-refractivity contribution is 1.14. The molecule has 0 N–H and O–H groups in total. The Morgan fingerprint density at radius 3 is 0.617 bits per heavy atom. The monoisotopic (exact) mass is 1230 g/mol. The molecule has 22 aromatic rings. The van der Waals surface area contributed by atoms with E-state index in [0.717, 1.165) is 34.1 Å². The quantitative estimate of drug-likeness (QED) is 0.117. The smallest absolute Gasteiger partial charge is 0.0678 e. The topological polar surface area (TPSA) is 29.6 Å². The van der Waals surface area contributed by atoms with Gasteiger partial charge in [0.2, 0.25) is 0 Å². The van der Waals surface area contributed by atoms with E-state index in [-0.39, 0.29) is 0 Å². The van der Waals surface area contributed by atoms with Crippen LogP contribution in [0.1, 0.15) is 0 Å². The van der Waals surface area contributed by atoms with Crippen molar-refractivity contribution in [2.75, 3.05) is 0 Å². The number of para-hydroxylation sites is 6. The largest absolute Gasteiger partial charge is 0.308 e. The Kier molecular flexibility index (Phi) is 10.2. The molecule has 0 fully saturated rings. The minimum Gasteiger partial charge on any atom is -0.308 e. The van der Waals surface area contributed by atoms with Gasteiger partial charge in [-0.1, -0.05) is 221 Å². The number of aromatic nitrogens is 6. The standard InChI is InChI=1S/C86H52N6P2/c1-7-31-57(32-8-1)87-69-47-53-27-19-23-43-63(53)75-81(69)93-83-71(49-55-29-21-25-45-65(55)77(83)91(75)61-39-15-5-16-40-61)89(59-35-11-3-12-36-59)79-68-52-74-86-80(67(68)51-73(87)85(79)93)90(60-37-13-4-14-38-60)72-50-56-30-22-26-46-66(56)78-84(72)94(86)82-70(88(74)58-33-9-2-10-34-58)48-54-28-20-24-44-64(54)76(82)92(78)62-41-17-6-18-42-62/h1-52H. The molecule has 6 aromatic heterocycles. The highest BCUT2D eigenvalue weighted by Gasteiger charge is 2.33. The molecule has 94 heavy (non-hydrogen) atoms. The van der Waals surface area contributed by atoms with Crippen LogP contribution in [0, 0.1) is 0 Å². The van der Waals surface area contributed by atoms with E-state index in [1.165, 1.54) is 151 Å². The van der Waals surface area contributed by atoms with Crippen molar-refractivity contribution in [2.45, 2.75) is 0 Å². The van der Waals surface area contributed by atoms with Crippen LogP contribution in [0.4, 0.5) is 0 Å². The van der Waals surface area contributed by atoms with E-state index in [2.05, 4.69) is 343 Å². The molecule has 0 saturated heterocycles. The second-order valence-corrected chi connectivity index (χ2v) is 29.3. The summed E-state index contributed by atoms with van der Waals surface area (Å²) in [4.78, 5) is 0. The predicted molar refractivity (Wildman–Crippen MR) is 401 cm³/mol. The second-order valence-electron chi connectivity index (χ2n) is 25.2. The maximum absolute atomic E-state index is 2.70. The van der Waals surface area contributed by atoms with Gasteiger partial charge in [-0.05, 0) is 131 Å². The fourth-order valence-corrected chi connectivity index (χ4v) is 23.1. The van der Waals surface area contributed by atoms with E-state index in [9.17, 15) is 0 Å². The predicted octanol–water partition coefficient (Wildman–Crippen LogP) is 24.3. The summed E-state index contributed by atoms with van der Waals surface area (Å²) in [6.07, 6.45) is 0. The van der Waals surface area contributed by atoms with E-state index < -0.39 is 14.7 Å². The van der Waals surface area contributed by atoms with Crippen molar-refractivity contribution < 1.29 is 0 Å². The summed E-state index contributed by atoms with van der Waals surface area (Å²) >= 11 is 0. The third-order valence-electron chi connectivity index (χ3n) is 20.4. The van der Waals surface area contributed by atoms with Gasteiger partial charge in [0.25, 0.3) is 0 Å². The van der Waals surface area contributed by atoms with Crippen LogP contribution in [0.5, 0.6) is 0 Å². The van der Waals surface area contributed by atoms with Crippen molar-refractivity contribution >= 4 is 165 Å². The first-order valence-electron chi connectivity index (χ1n) is 32.4. The lowest BCUT2D eigenvalue weighted by atomic mass is 10.0. The van der Waals surface area contributed by atoms with Crippen LogP contribution in [-0.2, 0) is 0 Å². The molecule has 6 nitrogen and oxygen atoms in total. The number of nitrogens with zero attached hydrogens (tertiary/aromatic N) is 6. The maximum Gasteiger partial charge on any atom is 0.0678 e. The first-order chi connectivity index (χ1) is 46.7. The van der Waals surface area contributed by atoms with Gasteiger partial charge in [0, 0.05) is 97.1 Å². The highest BCUT2D eigenvalue weighted by molar-refractivity contribution is 7.64. The van der Waals surface area contributed by atoms with Gasteiger partial charge in [0.05, 0.1) is 66.2 Å². The second kappa shape index (κ2) is 18.9. The SMILES string of the molecule is c1ccc(-n2c3cc4c(cc5c6c4n(-c4ccccc4)c4cc7ccccc7c7c4p6c4c(cc6ccccc6c4n7-c4ccccc4)n5-c4ccccc4)c4c3p3c5c2cc2ccccc2c5n(-c2ccccc2)c2c5ccccc5cc(c23)n4-c2ccccc2)cc1. The zero-order valence-corrected chi connectivity index (χ0v) is 52.4. The van der Waals surface area contributed by atoms with Gasteiger partial charge in [-0.15, -0.1) is 0 Å². The first kappa shape index (κ1) is 50.9. The van der Waals surface area contributed by atoms with Crippen molar-refractivity contribution in [2.24, 2.45) is 0 Å². The fraction of sp³-hybridized carbons (Fsp3) is 0. The van der Waals surface area contributed by atoms with Gasteiger partial charge in [0.1, 0.15) is 0 Å². The molecule has 22 rings (SSSR count). The molecule has 8 heteroatoms. The lowest BCUT2D eigenvalue weighted by Gasteiger charge is -2.32. The first-order valence-corrected chi connectivity index (χ1v) is 35.0. The molecule has 436 valence electrons. The molecule has 6 heterocycles. The lowest BCUT2D eigenvalue weighted by Crippen LogP contribution is -2.11. The van der Waals surface area contributed by atoms with Gasteiger partial charge < -0.3 is 27.4 Å². The molecule has 0 aliphatic carbocycles. The van der Waals surface area contributed by atoms with E-state index in [1.54, 1.807) is 0 Å². The molecule has 2 unspecified atom stereocenters. The fourth-order valence-electron chi connectivity index (χ4n) is 16.8. The van der Waals surface area contributed by atoms with Gasteiger partial charge in [-0.25, -0.2) is 0 Å². The number of hydrogen-bond donors (Lipinski definition) is 0. The van der Waals surface area contributed by atoms with E-state index in [4.69, 9.17) is 0 Å². The highest BCUT2D eigenvalue weighted by Crippen LogP contribution is 2.63. The normalized spacial score (nSPS) is 12.9. The zero-order chi connectivity index (χ0) is 61.0. The summed E-state index contributed by atoms with van der Waals surface area (Å²) in [6.45, 7) is 0. The van der Waals surface area contributed by atoms with Crippen molar-refractivity contribution in [1.82, 2.24) is 27.4 Å². The Labute approximate surface area is 539 Å². The molecule has 2 atom stereocenters. The number of rotatable bonds is 6. The molecule has 16 aromatic carbocycles. The van der Waals surface area contributed by atoms with Crippen LogP contribution in [0.3, 0.4) is 0 Å². The molecule has 0 radical (unpaired) electrons. The zero-order valence-electron chi connectivity index (χ0n) is 50.6. The molecular weight excluding hydrogens is 1180 g/mol. The molecule has 0 amide bonds. The average molecular weight is 1230 g/mol. The van der Waals surface area contributed by atoms with Crippen molar-refractivity contribution in [3.63, 3.8) is 0 Å². The third kappa shape index (κ3) is 6.60. The van der Waals surface area contributed by atoms with E-state index in [1.807, 2.05) is 0 Å². The maximum atomic E-state index is 2.70. The number of hydrogen-bond acceptors (Lipinski definition) is 0. The number of benzene rings is 16. The van der Waals surface area contributed by atoms with E-state index >= 15 is 0 Å². The third-order valence-corrected chi connectivity index (χ3v) is 25.7. The summed E-state index contributed by atoms with van der Waals surface area (Å²) in [7, 11) is -2.61. The summed E-state index contributed by atoms with van der Waals surface area (Å²) in [5, 5.41) is 20.4. The van der Waals surface area contributed by atoms with Crippen LogP contribution < -0.4 is 0 Å². The van der Waals surface area contributed by atoms with Crippen LogP contribution in [0.15, 0.2) is 315 Å². The summed E-state index contributed by atoms with van der Waals surface area (Å²) < 4.78 is 16.0. The molecule has 0 bridgehead atoms. The Bertz CT molecular complexity index is 6480. The molecule has 0 spiro atoms. The van der Waals surface area contributed by atoms with Crippen LogP contribution in [0.2, 0.25) is 0 Å². The summed E-state index contributed by atoms with van der Waals surface area (Å²) in [5.74, 6) is 0. The summed E-state index contributed by atoms with van der Waals surface area (Å²) in [5.41, 5.74) is 21.5. The molecular formula is C86H52N6P2. The van der Waals surface area contributed by atoms with Crippen LogP contribution >= 0.6 is 14.7 Å². The Morgan fingerprint density at radius 1 is 0.160 bits per heavy atom. The number of fused-ring (bicyclic) bond motifs is 11. The van der Waals surface area contributed by atoms with Crippen LogP contribution in [-0.4, -0.2) is 27.4 Å². The Morgan fingerprint density at radius 2 is 0.351 bits per heavy atom. The average Bonchev–Trinajstić information content (AvgIpc) is 0.653. The van der Waals surface area contributed by atoms with Gasteiger partial charge >= 0.3 is 0 Å². The van der Waals surface area contributed by atoms with Gasteiger partial charge in [-0.2, -0.15) is 0 Å². The minimum absolute atomic E-state index is 1.11. The molecule has 0 saturated carbocycles.